The molecule has 0 fully saturated rings. The van der Waals surface area contributed by atoms with Crippen LogP contribution < -0.4 is 4.74 Å². The highest BCUT2D eigenvalue weighted by Gasteiger charge is 2.04. The molecule has 2 aromatic carbocycles. The molecule has 19 heavy (non-hydrogen) atoms. The van der Waals surface area contributed by atoms with E-state index < -0.39 is 5.82 Å². The molecule has 0 aromatic heterocycles. The van der Waals surface area contributed by atoms with E-state index in [1.54, 1.807) is 6.07 Å². The molecule has 0 heterocycles. The average Bonchev–Trinajstić information content (AvgIpc) is 2.39. The van der Waals surface area contributed by atoms with Gasteiger partial charge in [-0.05, 0) is 54.8 Å². The number of hydrogen-bond acceptors (Lipinski definition) is 2. The van der Waals surface area contributed by atoms with Crippen molar-refractivity contribution in [2.75, 3.05) is 0 Å². The fourth-order valence-electron chi connectivity index (χ4n) is 1.82. The van der Waals surface area contributed by atoms with Crippen LogP contribution in [0.3, 0.4) is 0 Å². The van der Waals surface area contributed by atoms with Crippen molar-refractivity contribution in [3.8, 4) is 11.8 Å². The molecule has 0 unspecified atom stereocenters. The van der Waals surface area contributed by atoms with Gasteiger partial charge in [0.05, 0.1) is 11.6 Å². The Hall–Kier alpha value is -2.34. The van der Waals surface area contributed by atoms with E-state index in [1.165, 1.54) is 12.1 Å². The van der Waals surface area contributed by atoms with Crippen molar-refractivity contribution in [1.29, 1.82) is 5.26 Å². The van der Waals surface area contributed by atoms with E-state index in [2.05, 4.69) is 0 Å². The van der Waals surface area contributed by atoms with Gasteiger partial charge in [-0.25, -0.2) is 4.39 Å². The van der Waals surface area contributed by atoms with Crippen LogP contribution >= 0.6 is 0 Å². The molecule has 2 aromatic rings. The van der Waals surface area contributed by atoms with Gasteiger partial charge in [-0.15, -0.1) is 0 Å². The first-order chi connectivity index (χ1) is 9.08. The van der Waals surface area contributed by atoms with Crippen molar-refractivity contribution >= 4 is 0 Å². The van der Waals surface area contributed by atoms with Crippen molar-refractivity contribution in [2.24, 2.45) is 0 Å². The lowest BCUT2D eigenvalue weighted by Crippen LogP contribution is -1.98. The van der Waals surface area contributed by atoms with Gasteiger partial charge in [-0.1, -0.05) is 12.1 Å². The first-order valence-corrected chi connectivity index (χ1v) is 5.98. The van der Waals surface area contributed by atoms with E-state index in [1.807, 2.05) is 38.1 Å². The van der Waals surface area contributed by atoms with E-state index >= 15 is 0 Å². The van der Waals surface area contributed by atoms with Crippen molar-refractivity contribution in [2.45, 2.75) is 20.5 Å². The van der Waals surface area contributed by atoms with Gasteiger partial charge in [0.15, 0.2) is 0 Å². The predicted octanol–water partition coefficient (Wildman–Crippen LogP) is 3.89. The van der Waals surface area contributed by atoms with E-state index in [9.17, 15) is 4.39 Å². The normalized spacial score (nSPS) is 10.0. The van der Waals surface area contributed by atoms with Crippen molar-refractivity contribution in [3.63, 3.8) is 0 Å². The smallest absolute Gasteiger partial charge is 0.124 e. The SMILES string of the molecule is Cc1ccc(C)c(OCc2cc(F)cc(C#N)c2)c1. The second-order valence-corrected chi connectivity index (χ2v) is 4.52. The standard InChI is InChI=1S/C16H14FNO/c1-11-3-4-12(2)16(5-11)19-10-14-6-13(9-18)7-15(17)8-14/h3-8H,10H2,1-2H3. The van der Waals surface area contributed by atoms with Crippen LogP contribution in [0.25, 0.3) is 0 Å². The van der Waals surface area contributed by atoms with Crippen LogP contribution in [0.2, 0.25) is 0 Å². The van der Waals surface area contributed by atoms with E-state index in [-0.39, 0.29) is 6.61 Å². The molecule has 2 nitrogen and oxygen atoms in total. The number of aryl methyl sites for hydroxylation is 2. The van der Waals surface area contributed by atoms with Crippen LogP contribution in [0.15, 0.2) is 36.4 Å². The van der Waals surface area contributed by atoms with Gasteiger partial charge in [0.25, 0.3) is 0 Å². The number of hydrogen-bond donors (Lipinski definition) is 0. The first kappa shape index (κ1) is 13.1. The average molecular weight is 255 g/mol. The van der Waals surface area contributed by atoms with Crippen LogP contribution in [-0.4, -0.2) is 0 Å². The Labute approximate surface area is 112 Å². The summed E-state index contributed by atoms with van der Waals surface area (Å²) in [5, 5.41) is 8.79. The van der Waals surface area contributed by atoms with Gasteiger partial charge < -0.3 is 4.74 Å². The highest BCUT2D eigenvalue weighted by Crippen LogP contribution is 2.20. The van der Waals surface area contributed by atoms with Gasteiger partial charge >= 0.3 is 0 Å². The van der Waals surface area contributed by atoms with E-state index in [4.69, 9.17) is 10.00 Å². The van der Waals surface area contributed by atoms with Gasteiger partial charge in [-0.2, -0.15) is 5.26 Å². The lowest BCUT2D eigenvalue weighted by molar-refractivity contribution is 0.303. The summed E-state index contributed by atoms with van der Waals surface area (Å²) in [5.41, 5.74) is 3.09. The maximum Gasteiger partial charge on any atom is 0.124 e. The van der Waals surface area contributed by atoms with Crippen molar-refractivity contribution in [3.05, 3.63) is 64.5 Å². The van der Waals surface area contributed by atoms with Crippen LogP contribution in [0.4, 0.5) is 4.39 Å². The molecule has 0 atom stereocenters. The van der Waals surface area contributed by atoms with E-state index in [0.717, 1.165) is 16.9 Å². The molecule has 0 aliphatic carbocycles. The Bertz CT molecular complexity index is 644. The maximum atomic E-state index is 13.3. The van der Waals surface area contributed by atoms with Crippen molar-refractivity contribution in [1.82, 2.24) is 0 Å². The number of nitriles is 1. The first-order valence-electron chi connectivity index (χ1n) is 5.98. The molecule has 2 rings (SSSR count). The quantitative estimate of drug-likeness (QED) is 0.833. The third kappa shape index (κ3) is 3.32. The minimum atomic E-state index is -0.418. The number of nitrogens with zero attached hydrogens (tertiary/aromatic N) is 1. The second-order valence-electron chi connectivity index (χ2n) is 4.52. The number of ether oxygens (including phenoxy) is 1. The molecular weight excluding hydrogens is 241 g/mol. The largest absolute Gasteiger partial charge is 0.489 e. The van der Waals surface area contributed by atoms with Crippen LogP contribution in [0.5, 0.6) is 5.75 Å². The third-order valence-electron chi connectivity index (χ3n) is 2.82. The molecule has 0 amide bonds. The van der Waals surface area contributed by atoms with Crippen molar-refractivity contribution < 1.29 is 9.13 Å². The zero-order valence-corrected chi connectivity index (χ0v) is 10.9. The molecule has 0 aliphatic rings. The Balaban J connectivity index is 2.17. The zero-order chi connectivity index (χ0) is 13.8. The Morgan fingerprint density at radius 3 is 2.68 bits per heavy atom. The topological polar surface area (TPSA) is 33.0 Å². The highest BCUT2D eigenvalue weighted by atomic mass is 19.1. The van der Waals surface area contributed by atoms with Gasteiger partial charge in [0, 0.05) is 0 Å². The van der Waals surface area contributed by atoms with E-state index in [0.29, 0.717) is 11.1 Å². The van der Waals surface area contributed by atoms with Crippen LogP contribution in [0.1, 0.15) is 22.3 Å². The molecule has 96 valence electrons. The van der Waals surface area contributed by atoms with Gasteiger partial charge in [0.2, 0.25) is 0 Å². The summed E-state index contributed by atoms with van der Waals surface area (Å²) in [7, 11) is 0. The Morgan fingerprint density at radius 2 is 1.95 bits per heavy atom. The summed E-state index contributed by atoms with van der Waals surface area (Å²) in [6, 6.07) is 12.1. The van der Waals surface area contributed by atoms with Crippen LogP contribution in [0, 0.1) is 31.0 Å². The third-order valence-corrected chi connectivity index (χ3v) is 2.82. The van der Waals surface area contributed by atoms with Crippen LogP contribution in [-0.2, 0) is 6.61 Å². The molecule has 0 bridgehead atoms. The number of rotatable bonds is 3. The minimum absolute atomic E-state index is 0.247. The summed E-state index contributed by atoms with van der Waals surface area (Å²) in [6.07, 6.45) is 0. The number of halogens is 1. The summed E-state index contributed by atoms with van der Waals surface area (Å²) in [6.45, 7) is 4.19. The Morgan fingerprint density at radius 1 is 1.16 bits per heavy atom. The highest BCUT2D eigenvalue weighted by molar-refractivity contribution is 5.37. The molecule has 0 aliphatic heterocycles. The fraction of sp³-hybridized carbons (Fsp3) is 0.188. The molecule has 0 saturated carbocycles. The minimum Gasteiger partial charge on any atom is -0.489 e. The summed E-state index contributed by atoms with van der Waals surface area (Å²) in [4.78, 5) is 0. The van der Waals surface area contributed by atoms with Gasteiger partial charge in [0.1, 0.15) is 18.2 Å². The second kappa shape index (κ2) is 5.53. The molecular formula is C16H14FNO. The fourth-order valence-corrected chi connectivity index (χ4v) is 1.82. The van der Waals surface area contributed by atoms with Gasteiger partial charge in [-0.3, -0.25) is 0 Å². The zero-order valence-electron chi connectivity index (χ0n) is 10.9. The number of benzene rings is 2. The summed E-state index contributed by atoms with van der Waals surface area (Å²) >= 11 is 0. The maximum absolute atomic E-state index is 13.3. The molecule has 0 spiro atoms. The molecule has 0 radical (unpaired) electrons. The summed E-state index contributed by atoms with van der Waals surface area (Å²) in [5.74, 6) is 0.362. The molecule has 3 heteroatoms. The Kier molecular flexibility index (Phi) is 3.82. The summed E-state index contributed by atoms with van der Waals surface area (Å²) < 4.78 is 19.0. The monoisotopic (exact) mass is 255 g/mol. The molecule has 0 N–H and O–H groups in total. The predicted molar refractivity (Wildman–Crippen MR) is 71.4 cm³/mol. The molecule has 0 saturated heterocycles. The lowest BCUT2D eigenvalue weighted by atomic mass is 10.1. The lowest BCUT2D eigenvalue weighted by Gasteiger charge is -2.10.